The van der Waals surface area contributed by atoms with Crippen molar-refractivity contribution in [1.82, 2.24) is 9.97 Å². The smallest absolute Gasteiger partial charge is 0.127 e. The van der Waals surface area contributed by atoms with Gasteiger partial charge in [0.05, 0.1) is 0 Å². The van der Waals surface area contributed by atoms with Gasteiger partial charge in [0.2, 0.25) is 0 Å². The number of nitrogens with zero attached hydrogens (tertiary/aromatic N) is 2. The first-order chi connectivity index (χ1) is 14.5. The third kappa shape index (κ3) is 4.55. The third-order valence-corrected chi connectivity index (χ3v) is 8.54. The highest BCUT2D eigenvalue weighted by Crippen LogP contribution is 2.67. The number of anilines is 2. The summed E-state index contributed by atoms with van der Waals surface area (Å²) >= 11 is 6.95. The summed E-state index contributed by atoms with van der Waals surface area (Å²) in [6.07, 6.45) is 11.2. The van der Waals surface area contributed by atoms with Crippen LogP contribution >= 0.6 is 31.9 Å². The van der Waals surface area contributed by atoms with Crippen LogP contribution in [-0.4, -0.2) is 23.1 Å². The minimum atomic E-state index is 0.539. The summed E-state index contributed by atoms with van der Waals surface area (Å²) in [7, 11) is 0. The third-order valence-electron chi connectivity index (χ3n) is 7.66. The van der Waals surface area contributed by atoms with Gasteiger partial charge in [0.1, 0.15) is 20.8 Å². The van der Waals surface area contributed by atoms with Gasteiger partial charge in [0.15, 0.2) is 0 Å². The van der Waals surface area contributed by atoms with E-state index < -0.39 is 0 Å². The van der Waals surface area contributed by atoms with Crippen molar-refractivity contribution < 1.29 is 0 Å². The van der Waals surface area contributed by atoms with Crippen LogP contribution in [0, 0.1) is 22.7 Å². The van der Waals surface area contributed by atoms with Crippen LogP contribution in [0.5, 0.6) is 0 Å². The van der Waals surface area contributed by atoms with Crippen LogP contribution < -0.4 is 10.6 Å². The van der Waals surface area contributed by atoms with Gasteiger partial charge in [0, 0.05) is 13.1 Å². The highest BCUT2D eigenvalue weighted by molar-refractivity contribution is 9.10. The Bertz CT molecular complexity index is 819. The molecule has 0 unspecified atom stereocenters. The van der Waals surface area contributed by atoms with Crippen molar-refractivity contribution in [3.05, 3.63) is 45.6 Å². The van der Waals surface area contributed by atoms with Gasteiger partial charge in [-0.1, -0.05) is 12.1 Å². The van der Waals surface area contributed by atoms with E-state index in [2.05, 4.69) is 64.6 Å². The van der Waals surface area contributed by atoms with Crippen LogP contribution in [0.1, 0.15) is 51.4 Å². The van der Waals surface area contributed by atoms with Crippen LogP contribution in [-0.2, 0) is 0 Å². The number of hydrogen-bond acceptors (Lipinski definition) is 4. The van der Waals surface area contributed by atoms with E-state index in [9.17, 15) is 0 Å². The lowest BCUT2D eigenvalue weighted by Crippen LogP contribution is -2.52. The summed E-state index contributed by atoms with van der Waals surface area (Å²) in [5, 5.41) is 7.15. The van der Waals surface area contributed by atoms with E-state index in [0.29, 0.717) is 10.8 Å². The first kappa shape index (κ1) is 20.7. The number of rotatable bonds is 8. The fourth-order valence-electron chi connectivity index (χ4n) is 7.16. The highest BCUT2D eigenvalue weighted by Gasteiger charge is 2.56. The minimum absolute atomic E-state index is 0.539. The summed E-state index contributed by atoms with van der Waals surface area (Å²) in [5.74, 6) is 3.85. The summed E-state index contributed by atoms with van der Waals surface area (Å²) in [4.78, 5) is 9.07. The largest absolute Gasteiger partial charge is 0.370 e. The molecule has 4 saturated carbocycles. The molecule has 4 nitrogen and oxygen atoms in total. The standard InChI is InChI=1S/C24H30Br2N4/c25-19-3-1-5-21(29-19)27-9-7-23-12-17-11-18(13-23)15-24(14-17,16-23)8-10-28-22-6-2-4-20(26)30-22/h1-6,17-18H,7-16H2,(H,27,29)(H,28,30). The Hall–Kier alpha value is -1.14. The number of halogens is 2. The van der Waals surface area contributed by atoms with E-state index in [1.165, 1.54) is 51.4 Å². The Morgan fingerprint density at radius 2 is 1.23 bits per heavy atom. The first-order valence-electron chi connectivity index (χ1n) is 11.2. The first-order valence-corrected chi connectivity index (χ1v) is 12.8. The van der Waals surface area contributed by atoms with Crippen molar-refractivity contribution >= 4 is 43.5 Å². The molecular formula is C24H30Br2N4. The lowest BCUT2D eigenvalue weighted by Gasteiger charge is -2.62. The Morgan fingerprint density at radius 3 is 1.67 bits per heavy atom. The van der Waals surface area contributed by atoms with Gasteiger partial charge in [-0.3, -0.25) is 0 Å². The van der Waals surface area contributed by atoms with E-state index >= 15 is 0 Å². The topological polar surface area (TPSA) is 49.8 Å². The predicted molar refractivity (Wildman–Crippen MR) is 130 cm³/mol. The molecule has 2 N–H and O–H groups in total. The molecule has 4 aliphatic rings. The van der Waals surface area contributed by atoms with E-state index in [0.717, 1.165) is 45.8 Å². The molecule has 2 heterocycles. The quantitative estimate of drug-likeness (QED) is 0.362. The molecule has 0 aliphatic heterocycles. The van der Waals surface area contributed by atoms with Gasteiger partial charge >= 0.3 is 0 Å². The average Bonchev–Trinajstić information content (AvgIpc) is 2.67. The van der Waals surface area contributed by atoms with Crippen LogP contribution in [0.3, 0.4) is 0 Å². The van der Waals surface area contributed by atoms with Gasteiger partial charge in [0.25, 0.3) is 0 Å². The molecule has 4 bridgehead atoms. The second kappa shape index (κ2) is 8.42. The molecular weight excluding hydrogens is 504 g/mol. The van der Waals surface area contributed by atoms with Crippen molar-refractivity contribution in [2.75, 3.05) is 23.7 Å². The van der Waals surface area contributed by atoms with Crippen LogP contribution in [0.15, 0.2) is 45.6 Å². The van der Waals surface area contributed by atoms with Crippen molar-refractivity contribution in [1.29, 1.82) is 0 Å². The maximum Gasteiger partial charge on any atom is 0.127 e. The molecule has 0 aromatic carbocycles. The Labute approximate surface area is 196 Å². The van der Waals surface area contributed by atoms with Gasteiger partial charge < -0.3 is 10.6 Å². The predicted octanol–water partition coefficient (Wildman–Crippen LogP) is 6.89. The second-order valence-corrected chi connectivity index (χ2v) is 11.6. The Balaban J connectivity index is 1.21. The maximum atomic E-state index is 4.53. The summed E-state index contributed by atoms with van der Waals surface area (Å²) < 4.78 is 1.79. The molecule has 6 rings (SSSR count). The molecule has 0 amide bonds. The van der Waals surface area contributed by atoms with Gasteiger partial charge in [-0.25, -0.2) is 9.97 Å². The number of hydrogen-bond donors (Lipinski definition) is 2. The Kier molecular flexibility index (Phi) is 5.82. The molecule has 0 saturated heterocycles. The summed E-state index contributed by atoms with van der Waals surface area (Å²) in [5.41, 5.74) is 1.08. The minimum Gasteiger partial charge on any atom is -0.370 e. The van der Waals surface area contributed by atoms with Crippen LogP contribution in [0.4, 0.5) is 11.6 Å². The van der Waals surface area contributed by atoms with Crippen LogP contribution in [0.25, 0.3) is 0 Å². The fraction of sp³-hybridized carbons (Fsp3) is 0.583. The SMILES string of the molecule is Brc1cccc(NCCC23CC4CC(C2)CC(CCNc2cccc(Br)n2)(C4)C3)n1. The fourth-order valence-corrected chi connectivity index (χ4v) is 7.85. The van der Waals surface area contributed by atoms with E-state index in [1.807, 2.05) is 24.3 Å². The molecule has 0 radical (unpaired) electrons. The van der Waals surface area contributed by atoms with Crippen molar-refractivity contribution in [2.45, 2.75) is 51.4 Å². The number of nitrogens with one attached hydrogen (secondary N) is 2. The molecule has 4 aliphatic carbocycles. The lowest BCUT2D eigenvalue weighted by molar-refractivity contribution is -0.114. The van der Waals surface area contributed by atoms with Crippen molar-refractivity contribution in [3.63, 3.8) is 0 Å². The molecule has 2 aromatic heterocycles. The molecule has 2 aromatic rings. The highest BCUT2D eigenvalue weighted by atomic mass is 79.9. The van der Waals surface area contributed by atoms with Gasteiger partial charge in [-0.2, -0.15) is 0 Å². The zero-order valence-electron chi connectivity index (χ0n) is 17.3. The molecule has 4 fully saturated rings. The summed E-state index contributed by atoms with van der Waals surface area (Å²) in [6, 6.07) is 12.2. The van der Waals surface area contributed by atoms with E-state index in [1.54, 1.807) is 0 Å². The number of pyridine rings is 2. The van der Waals surface area contributed by atoms with Crippen molar-refractivity contribution in [2.24, 2.45) is 22.7 Å². The molecule has 30 heavy (non-hydrogen) atoms. The number of aromatic nitrogens is 2. The molecule has 160 valence electrons. The average molecular weight is 534 g/mol. The second-order valence-electron chi connectivity index (χ2n) is 10.0. The normalized spacial score (nSPS) is 31.7. The van der Waals surface area contributed by atoms with Gasteiger partial charge in [-0.05, 0) is 130 Å². The monoisotopic (exact) mass is 532 g/mol. The maximum absolute atomic E-state index is 4.53. The molecule has 6 heteroatoms. The van der Waals surface area contributed by atoms with Crippen LogP contribution in [0.2, 0.25) is 0 Å². The zero-order chi connectivity index (χ0) is 20.6. The van der Waals surface area contributed by atoms with Crippen molar-refractivity contribution in [3.8, 4) is 0 Å². The van der Waals surface area contributed by atoms with Gasteiger partial charge in [-0.15, -0.1) is 0 Å². The van der Waals surface area contributed by atoms with E-state index in [-0.39, 0.29) is 0 Å². The Morgan fingerprint density at radius 1 is 0.767 bits per heavy atom. The summed E-state index contributed by atoms with van der Waals surface area (Å²) in [6.45, 7) is 2.05. The lowest BCUT2D eigenvalue weighted by atomic mass is 9.43. The zero-order valence-corrected chi connectivity index (χ0v) is 20.5. The molecule has 0 atom stereocenters. The molecule has 0 spiro atoms. The van der Waals surface area contributed by atoms with E-state index in [4.69, 9.17) is 0 Å².